The van der Waals surface area contributed by atoms with Crippen LogP contribution in [0.3, 0.4) is 0 Å². The van der Waals surface area contributed by atoms with E-state index in [1.165, 1.54) is 13.3 Å². The number of carbonyl (C=O) groups is 1. The van der Waals surface area contributed by atoms with Crippen LogP contribution in [0.15, 0.2) is 24.4 Å². The van der Waals surface area contributed by atoms with Crippen LogP contribution in [0.1, 0.15) is 23.2 Å². The summed E-state index contributed by atoms with van der Waals surface area (Å²) in [5, 5.41) is 13.3. The Hall–Kier alpha value is -2.06. The Balaban J connectivity index is 2.16. The molecule has 0 spiro atoms. The number of hydrogen-bond donors (Lipinski definition) is 2. The highest BCUT2D eigenvalue weighted by Gasteiger charge is 2.21. The zero-order valence-electron chi connectivity index (χ0n) is 14.9. The summed E-state index contributed by atoms with van der Waals surface area (Å²) < 4.78 is 6.69. The number of aliphatic hydroxyl groups excluding tert-OH is 1. The maximum Gasteiger partial charge on any atom is 0.340 e. The van der Waals surface area contributed by atoms with Crippen LogP contribution in [0.2, 0.25) is 15.1 Å². The van der Waals surface area contributed by atoms with Crippen LogP contribution in [0.25, 0.3) is 11.0 Å². The van der Waals surface area contributed by atoms with E-state index in [-0.39, 0.29) is 6.61 Å². The number of aryl methyl sites for hydroxylation is 1. The lowest BCUT2D eigenvalue weighted by atomic mass is 10.1. The summed E-state index contributed by atoms with van der Waals surface area (Å²) in [6.45, 7) is 0.541. The molecule has 0 aliphatic carbocycles. The van der Waals surface area contributed by atoms with Crippen LogP contribution in [-0.2, 0) is 11.3 Å². The number of pyridine rings is 1. The molecular formula is C18H17Cl3N4O3. The third-order valence-electron chi connectivity index (χ3n) is 4.08. The largest absolute Gasteiger partial charge is 0.465 e. The number of benzene rings is 1. The van der Waals surface area contributed by atoms with Gasteiger partial charge in [-0.3, -0.25) is 0 Å². The predicted molar refractivity (Wildman–Crippen MR) is 110 cm³/mol. The highest BCUT2D eigenvalue weighted by molar-refractivity contribution is 6.36. The minimum atomic E-state index is -0.501. The molecule has 3 rings (SSSR count). The topological polar surface area (TPSA) is 89.3 Å². The fourth-order valence-corrected chi connectivity index (χ4v) is 3.41. The third-order valence-corrected chi connectivity index (χ3v) is 4.88. The molecule has 0 unspecified atom stereocenters. The highest BCUT2D eigenvalue weighted by atomic mass is 35.5. The van der Waals surface area contributed by atoms with Crippen molar-refractivity contribution in [1.29, 1.82) is 0 Å². The molecule has 0 saturated carbocycles. The molecule has 0 bridgehead atoms. The van der Waals surface area contributed by atoms with Crippen molar-refractivity contribution in [2.75, 3.05) is 19.0 Å². The molecule has 1 aromatic carbocycles. The minimum absolute atomic E-state index is 0.0601. The van der Waals surface area contributed by atoms with E-state index in [2.05, 4.69) is 15.3 Å². The Labute approximate surface area is 176 Å². The second-order valence-corrected chi connectivity index (χ2v) is 7.16. The van der Waals surface area contributed by atoms with Crippen molar-refractivity contribution in [3.63, 3.8) is 0 Å². The van der Waals surface area contributed by atoms with E-state index in [1.807, 2.05) is 0 Å². The summed E-state index contributed by atoms with van der Waals surface area (Å²) in [5.74, 6) is 0.266. The Kier molecular flexibility index (Phi) is 6.61. The lowest BCUT2D eigenvalue weighted by molar-refractivity contribution is 0.0602. The van der Waals surface area contributed by atoms with Gasteiger partial charge < -0.3 is 19.7 Å². The maximum atomic E-state index is 12.3. The first-order chi connectivity index (χ1) is 13.5. The highest BCUT2D eigenvalue weighted by Crippen LogP contribution is 2.33. The van der Waals surface area contributed by atoms with Gasteiger partial charge in [-0.25, -0.2) is 14.8 Å². The Bertz CT molecular complexity index is 1020. The molecule has 2 aromatic heterocycles. The van der Waals surface area contributed by atoms with E-state index >= 15 is 0 Å². The number of nitrogens with one attached hydrogen (secondary N) is 1. The lowest BCUT2D eigenvalue weighted by Gasteiger charge is -2.12. The summed E-state index contributed by atoms with van der Waals surface area (Å²) >= 11 is 18.4. The number of carbonyl (C=O) groups excluding carboxylic acids is 1. The monoisotopic (exact) mass is 442 g/mol. The number of nitrogens with zero attached hydrogens (tertiary/aromatic N) is 3. The Morgan fingerprint density at radius 2 is 2.04 bits per heavy atom. The molecule has 0 radical (unpaired) electrons. The quantitative estimate of drug-likeness (QED) is 0.406. The van der Waals surface area contributed by atoms with Gasteiger partial charge in [-0.2, -0.15) is 0 Å². The molecule has 0 saturated heterocycles. The van der Waals surface area contributed by atoms with Gasteiger partial charge in [0, 0.05) is 19.3 Å². The van der Waals surface area contributed by atoms with Crippen molar-refractivity contribution < 1.29 is 14.6 Å². The van der Waals surface area contributed by atoms with Crippen molar-refractivity contribution in [3.05, 3.63) is 45.0 Å². The molecule has 0 aliphatic rings. The first-order valence-corrected chi connectivity index (χ1v) is 9.55. The molecule has 7 nitrogen and oxygen atoms in total. The van der Waals surface area contributed by atoms with Crippen molar-refractivity contribution >= 4 is 63.6 Å². The number of imidazole rings is 1. The van der Waals surface area contributed by atoms with Gasteiger partial charge in [0.05, 0.1) is 33.3 Å². The summed E-state index contributed by atoms with van der Waals surface area (Å²) in [5.41, 5.74) is 1.31. The van der Waals surface area contributed by atoms with Crippen LogP contribution in [-0.4, -0.2) is 39.3 Å². The van der Waals surface area contributed by atoms with Crippen LogP contribution in [0.4, 0.5) is 11.8 Å². The molecule has 0 atom stereocenters. The van der Waals surface area contributed by atoms with Crippen molar-refractivity contribution in [3.8, 4) is 0 Å². The number of halogens is 3. The predicted octanol–water partition coefficient (Wildman–Crippen LogP) is 4.69. The number of esters is 1. The van der Waals surface area contributed by atoms with Gasteiger partial charge in [0.25, 0.3) is 0 Å². The zero-order valence-corrected chi connectivity index (χ0v) is 17.1. The van der Waals surface area contributed by atoms with E-state index in [0.717, 1.165) is 0 Å². The number of anilines is 2. The van der Waals surface area contributed by atoms with Gasteiger partial charge in [-0.05, 0) is 31.0 Å². The van der Waals surface area contributed by atoms with E-state index in [9.17, 15) is 4.79 Å². The first-order valence-electron chi connectivity index (χ1n) is 8.42. The summed E-state index contributed by atoms with van der Waals surface area (Å²) in [6.07, 6.45) is 2.71. The Morgan fingerprint density at radius 1 is 1.25 bits per heavy atom. The molecule has 2 heterocycles. The fourth-order valence-electron chi connectivity index (χ4n) is 2.79. The second kappa shape index (κ2) is 8.96. The van der Waals surface area contributed by atoms with Crippen LogP contribution >= 0.6 is 34.8 Å². The number of aromatic nitrogens is 3. The molecule has 2 N–H and O–H groups in total. The number of ether oxygens (including phenoxy) is 1. The summed E-state index contributed by atoms with van der Waals surface area (Å²) in [6, 6.07) is 4.75. The van der Waals surface area contributed by atoms with Crippen molar-refractivity contribution in [2.45, 2.75) is 19.4 Å². The van der Waals surface area contributed by atoms with Crippen LogP contribution in [0, 0.1) is 0 Å². The van der Waals surface area contributed by atoms with Crippen LogP contribution < -0.4 is 5.32 Å². The van der Waals surface area contributed by atoms with Crippen molar-refractivity contribution in [2.24, 2.45) is 0 Å². The van der Waals surface area contributed by atoms with Gasteiger partial charge in [-0.15, -0.1) is 0 Å². The molecular weight excluding hydrogens is 427 g/mol. The number of fused-ring (bicyclic) bond motifs is 1. The van der Waals surface area contributed by atoms with Crippen molar-refractivity contribution in [1.82, 2.24) is 14.5 Å². The number of rotatable bonds is 7. The number of aliphatic hydroxyl groups is 1. The molecule has 0 fully saturated rings. The van der Waals surface area contributed by atoms with Gasteiger partial charge in [0.15, 0.2) is 5.82 Å². The summed E-state index contributed by atoms with van der Waals surface area (Å²) in [4.78, 5) is 21.0. The van der Waals surface area contributed by atoms with E-state index in [4.69, 9.17) is 44.6 Å². The minimum Gasteiger partial charge on any atom is -0.465 e. The van der Waals surface area contributed by atoms with E-state index in [1.54, 1.807) is 22.8 Å². The standard InChI is InChI=1S/C18H17Cl3N4O3/c1-28-17(27)11-4-5-12(20)14-15(11)25(6-2-3-7-26)18(23-14)24-16-13(21)8-10(19)9-22-16/h4-5,8-9,26H,2-3,6-7H2,1H3,(H,22,23,24). The smallest absolute Gasteiger partial charge is 0.340 e. The lowest BCUT2D eigenvalue weighted by Crippen LogP contribution is -2.09. The van der Waals surface area contributed by atoms with E-state index < -0.39 is 5.97 Å². The SMILES string of the molecule is COC(=O)c1ccc(Cl)c2nc(Nc3ncc(Cl)cc3Cl)n(CCCCO)c12. The van der Waals surface area contributed by atoms with Gasteiger partial charge in [0.2, 0.25) is 5.95 Å². The first kappa shape index (κ1) is 20.7. The molecule has 10 heteroatoms. The average molecular weight is 444 g/mol. The second-order valence-electron chi connectivity index (χ2n) is 5.91. The normalized spacial score (nSPS) is 11.0. The number of unbranched alkanes of at least 4 members (excludes halogenated alkanes) is 1. The average Bonchev–Trinajstić information content (AvgIpc) is 3.03. The number of methoxy groups -OCH3 is 1. The molecule has 0 aliphatic heterocycles. The van der Waals surface area contributed by atoms with Gasteiger partial charge in [0.1, 0.15) is 5.52 Å². The summed E-state index contributed by atoms with van der Waals surface area (Å²) in [7, 11) is 1.31. The molecule has 0 amide bonds. The fraction of sp³-hybridized carbons (Fsp3) is 0.278. The Morgan fingerprint density at radius 3 is 2.71 bits per heavy atom. The zero-order chi connectivity index (χ0) is 20.3. The van der Waals surface area contributed by atoms with Gasteiger partial charge in [-0.1, -0.05) is 34.8 Å². The third kappa shape index (κ3) is 4.17. The molecule has 148 valence electrons. The van der Waals surface area contributed by atoms with E-state index in [0.29, 0.717) is 62.8 Å². The number of hydrogen-bond acceptors (Lipinski definition) is 6. The molecule has 28 heavy (non-hydrogen) atoms. The van der Waals surface area contributed by atoms with Gasteiger partial charge >= 0.3 is 5.97 Å². The molecule has 3 aromatic rings. The maximum absolute atomic E-state index is 12.3. The van der Waals surface area contributed by atoms with Crippen LogP contribution in [0.5, 0.6) is 0 Å².